The highest BCUT2D eigenvalue weighted by Gasteiger charge is 2.22. The first-order valence-electron chi connectivity index (χ1n) is 4.92. The van der Waals surface area contributed by atoms with E-state index in [4.69, 9.17) is 14.6 Å². The molecule has 1 unspecified atom stereocenters. The van der Waals surface area contributed by atoms with E-state index in [-0.39, 0.29) is 12.5 Å². The maximum atomic E-state index is 10.8. The molecule has 0 amide bonds. The van der Waals surface area contributed by atoms with E-state index in [2.05, 4.69) is 0 Å². The van der Waals surface area contributed by atoms with Crippen LogP contribution >= 0.6 is 0 Å². The Kier molecular flexibility index (Phi) is 2.60. The average molecular weight is 224 g/mol. The number of aliphatic carboxylic acids is 1. The molecule has 1 aliphatic heterocycles. The number of ether oxygens (including phenoxy) is 2. The van der Waals surface area contributed by atoms with Gasteiger partial charge in [0.1, 0.15) is 5.75 Å². The molecule has 0 aromatic heterocycles. The number of fused-ring (bicyclic) bond motifs is 1. The van der Waals surface area contributed by atoms with Crippen molar-refractivity contribution >= 4 is 5.97 Å². The SMILES string of the molecule is CC(Cc1cc(O)cc2c1OCO2)C(=O)O. The Bertz CT molecular complexity index is 427. The van der Waals surface area contributed by atoms with Crippen LogP contribution in [0.4, 0.5) is 0 Å². The lowest BCUT2D eigenvalue weighted by Gasteiger charge is -2.09. The van der Waals surface area contributed by atoms with Gasteiger partial charge in [0.25, 0.3) is 0 Å². The van der Waals surface area contributed by atoms with Gasteiger partial charge in [0.2, 0.25) is 6.79 Å². The van der Waals surface area contributed by atoms with Crippen LogP contribution in [-0.2, 0) is 11.2 Å². The van der Waals surface area contributed by atoms with Crippen LogP contribution in [0.5, 0.6) is 17.2 Å². The van der Waals surface area contributed by atoms with Crippen molar-refractivity contribution in [3.8, 4) is 17.2 Å². The third-order valence-corrected chi connectivity index (χ3v) is 2.48. The summed E-state index contributed by atoms with van der Waals surface area (Å²) in [6, 6.07) is 2.96. The number of carboxylic acid groups (broad SMARTS) is 1. The summed E-state index contributed by atoms with van der Waals surface area (Å²) in [7, 11) is 0. The molecular weight excluding hydrogens is 212 g/mol. The lowest BCUT2D eigenvalue weighted by Crippen LogP contribution is -2.12. The molecule has 0 saturated carbocycles. The molecule has 1 heterocycles. The minimum absolute atomic E-state index is 0.0526. The van der Waals surface area contributed by atoms with Crippen LogP contribution in [0.25, 0.3) is 0 Å². The van der Waals surface area contributed by atoms with Crippen LogP contribution in [0, 0.1) is 5.92 Å². The van der Waals surface area contributed by atoms with Gasteiger partial charge in [0.05, 0.1) is 5.92 Å². The molecule has 0 fully saturated rings. The molecule has 0 saturated heterocycles. The summed E-state index contributed by atoms with van der Waals surface area (Å²) in [6.45, 7) is 1.71. The lowest BCUT2D eigenvalue weighted by molar-refractivity contribution is -0.141. The minimum atomic E-state index is -0.879. The van der Waals surface area contributed by atoms with Gasteiger partial charge < -0.3 is 19.7 Å². The van der Waals surface area contributed by atoms with E-state index in [0.717, 1.165) is 0 Å². The molecule has 1 aliphatic rings. The van der Waals surface area contributed by atoms with E-state index in [1.165, 1.54) is 12.1 Å². The highest BCUT2D eigenvalue weighted by Crippen LogP contribution is 2.39. The van der Waals surface area contributed by atoms with E-state index < -0.39 is 11.9 Å². The Morgan fingerprint density at radius 3 is 2.94 bits per heavy atom. The molecule has 0 aliphatic carbocycles. The molecule has 1 aromatic carbocycles. The number of rotatable bonds is 3. The standard InChI is InChI=1S/C11H12O5/c1-6(11(13)14)2-7-3-8(12)4-9-10(7)16-5-15-9/h3-4,6,12H,2,5H2,1H3,(H,13,14). The number of phenolic OH excluding ortho intramolecular Hbond substituents is 1. The molecule has 5 nitrogen and oxygen atoms in total. The first-order chi connectivity index (χ1) is 7.58. The van der Waals surface area contributed by atoms with Gasteiger partial charge in [-0.3, -0.25) is 4.79 Å². The van der Waals surface area contributed by atoms with Crippen LogP contribution in [0.15, 0.2) is 12.1 Å². The third kappa shape index (κ3) is 1.88. The molecule has 86 valence electrons. The Labute approximate surface area is 92.2 Å². The normalized spacial score (nSPS) is 14.8. The number of hydrogen-bond acceptors (Lipinski definition) is 4. The monoisotopic (exact) mass is 224 g/mol. The molecule has 5 heteroatoms. The van der Waals surface area contributed by atoms with Crippen LogP contribution < -0.4 is 9.47 Å². The van der Waals surface area contributed by atoms with E-state index in [1.807, 2.05) is 0 Å². The van der Waals surface area contributed by atoms with Gasteiger partial charge in [0, 0.05) is 11.6 Å². The summed E-state index contributed by atoms with van der Waals surface area (Å²) in [4.78, 5) is 10.8. The van der Waals surface area contributed by atoms with Gasteiger partial charge in [0.15, 0.2) is 11.5 Å². The lowest BCUT2D eigenvalue weighted by atomic mass is 10.00. The highest BCUT2D eigenvalue weighted by atomic mass is 16.7. The molecule has 2 rings (SSSR count). The topological polar surface area (TPSA) is 76.0 Å². The number of carbonyl (C=O) groups is 1. The van der Waals surface area contributed by atoms with Gasteiger partial charge >= 0.3 is 5.97 Å². The highest BCUT2D eigenvalue weighted by molar-refractivity contribution is 5.70. The maximum absolute atomic E-state index is 10.8. The van der Waals surface area contributed by atoms with Gasteiger partial charge in [-0.15, -0.1) is 0 Å². The number of hydrogen-bond donors (Lipinski definition) is 2. The molecule has 1 atom stereocenters. The number of benzene rings is 1. The van der Waals surface area contributed by atoms with Crippen molar-refractivity contribution in [1.29, 1.82) is 0 Å². The Morgan fingerprint density at radius 1 is 1.50 bits per heavy atom. The fourth-order valence-electron chi connectivity index (χ4n) is 1.64. The van der Waals surface area contributed by atoms with E-state index >= 15 is 0 Å². The molecule has 0 spiro atoms. The summed E-state index contributed by atoms with van der Waals surface area (Å²) in [5, 5.41) is 18.3. The molecule has 0 radical (unpaired) electrons. The second-order valence-corrected chi connectivity index (χ2v) is 3.78. The maximum Gasteiger partial charge on any atom is 0.306 e. The van der Waals surface area contributed by atoms with E-state index in [0.29, 0.717) is 23.5 Å². The molecule has 2 N–H and O–H groups in total. The van der Waals surface area contributed by atoms with Crippen molar-refractivity contribution in [2.75, 3.05) is 6.79 Å². The zero-order valence-electron chi connectivity index (χ0n) is 8.77. The average Bonchev–Trinajstić information content (AvgIpc) is 2.65. The van der Waals surface area contributed by atoms with E-state index in [1.54, 1.807) is 6.92 Å². The molecular formula is C11H12O5. The molecule has 16 heavy (non-hydrogen) atoms. The zero-order valence-corrected chi connectivity index (χ0v) is 8.77. The summed E-state index contributed by atoms with van der Waals surface area (Å²) in [6.07, 6.45) is 0.301. The van der Waals surface area contributed by atoms with Crippen molar-refractivity contribution in [3.63, 3.8) is 0 Å². The number of carboxylic acids is 1. The largest absolute Gasteiger partial charge is 0.508 e. The summed E-state index contributed by atoms with van der Waals surface area (Å²) >= 11 is 0. The second kappa shape index (κ2) is 3.92. The fourth-order valence-corrected chi connectivity index (χ4v) is 1.64. The van der Waals surface area contributed by atoms with Gasteiger partial charge in [-0.1, -0.05) is 6.92 Å². The molecule has 1 aromatic rings. The number of phenols is 1. The number of aromatic hydroxyl groups is 1. The summed E-state index contributed by atoms with van der Waals surface area (Å²) in [5.74, 6) is -0.360. The minimum Gasteiger partial charge on any atom is -0.508 e. The zero-order chi connectivity index (χ0) is 11.7. The van der Waals surface area contributed by atoms with Crippen LogP contribution in [-0.4, -0.2) is 23.0 Å². The van der Waals surface area contributed by atoms with Crippen LogP contribution in [0.1, 0.15) is 12.5 Å². The van der Waals surface area contributed by atoms with Crippen molar-refractivity contribution in [2.24, 2.45) is 5.92 Å². The first kappa shape index (κ1) is 10.6. The predicted molar refractivity (Wildman–Crippen MR) is 54.7 cm³/mol. The predicted octanol–water partition coefficient (Wildman–Crippen LogP) is 1.38. The summed E-state index contributed by atoms with van der Waals surface area (Å²) < 4.78 is 10.4. The quantitative estimate of drug-likeness (QED) is 0.811. The second-order valence-electron chi connectivity index (χ2n) is 3.78. The Morgan fingerprint density at radius 2 is 2.25 bits per heavy atom. The fraction of sp³-hybridized carbons (Fsp3) is 0.364. The van der Waals surface area contributed by atoms with Crippen LogP contribution in [0.2, 0.25) is 0 Å². The van der Waals surface area contributed by atoms with Gasteiger partial charge in [-0.2, -0.15) is 0 Å². The van der Waals surface area contributed by atoms with Gasteiger partial charge in [-0.05, 0) is 12.5 Å². The smallest absolute Gasteiger partial charge is 0.306 e. The van der Waals surface area contributed by atoms with Crippen molar-refractivity contribution < 1.29 is 24.5 Å². The van der Waals surface area contributed by atoms with E-state index in [9.17, 15) is 9.90 Å². The Hall–Kier alpha value is -1.91. The molecule has 0 bridgehead atoms. The Balaban J connectivity index is 2.30. The van der Waals surface area contributed by atoms with Gasteiger partial charge in [-0.25, -0.2) is 0 Å². The van der Waals surface area contributed by atoms with Crippen LogP contribution in [0.3, 0.4) is 0 Å². The van der Waals surface area contributed by atoms with Crippen molar-refractivity contribution in [3.05, 3.63) is 17.7 Å². The summed E-state index contributed by atoms with van der Waals surface area (Å²) in [5.41, 5.74) is 0.655. The first-order valence-corrected chi connectivity index (χ1v) is 4.92. The van der Waals surface area contributed by atoms with Crippen molar-refractivity contribution in [1.82, 2.24) is 0 Å². The third-order valence-electron chi connectivity index (χ3n) is 2.48. The van der Waals surface area contributed by atoms with Crippen molar-refractivity contribution in [2.45, 2.75) is 13.3 Å².